The maximum atomic E-state index is 11.0. The van der Waals surface area contributed by atoms with E-state index in [2.05, 4.69) is 14.8 Å². The van der Waals surface area contributed by atoms with Crippen molar-refractivity contribution in [3.63, 3.8) is 0 Å². The van der Waals surface area contributed by atoms with Crippen LogP contribution in [0.3, 0.4) is 0 Å². The Morgan fingerprint density at radius 2 is 2.24 bits per heavy atom. The van der Waals surface area contributed by atoms with Crippen molar-refractivity contribution in [1.29, 1.82) is 0 Å². The lowest BCUT2D eigenvalue weighted by atomic mass is 9.95. The molecule has 2 rings (SSSR count). The first-order chi connectivity index (χ1) is 8.26. The van der Waals surface area contributed by atoms with Gasteiger partial charge in [-0.1, -0.05) is 11.2 Å². The number of azide groups is 1. The molecular formula is C9H11N3O5. The van der Waals surface area contributed by atoms with Crippen LogP contribution in [0.5, 0.6) is 0 Å². The Hall–Kier alpha value is -1.76. The predicted octanol–water partition coefficient (Wildman–Crippen LogP) is 1.13. The normalized spacial score (nSPS) is 34.6. The van der Waals surface area contributed by atoms with Crippen molar-refractivity contribution in [1.82, 2.24) is 0 Å². The van der Waals surface area contributed by atoms with E-state index < -0.39 is 30.5 Å². The molecule has 0 unspecified atom stereocenters. The van der Waals surface area contributed by atoms with Crippen molar-refractivity contribution in [3.8, 4) is 0 Å². The number of fused-ring (bicyclic) bond motifs is 1. The molecule has 8 heteroatoms. The van der Waals surface area contributed by atoms with E-state index in [0.717, 1.165) is 0 Å². The summed E-state index contributed by atoms with van der Waals surface area (Å²) in [4.78, 5) is 13.7. The molecule has 1 heterocycles. The van der Waals surface area contributed by atoms with Gasteiger partial charge in [-0.25, -0.2) is 4.79 Å². The van der Waals surface area contributed by atoms with Gasteiger partial charge in [-0.15, -0.1) is 0 Å². The van der Waals surface area contributed by atoms with Crippen molar-refractivity contribution in [2.75, 3.05) is 13.9 Å². The SMILES string of the molecule is COC(=O)O[C@@H]1C=C[C@H](N=[N+]=[N-])[C@H]2OCO[C@H]21. The molecule has 1 aliphatic carbocycles. The van der Waals surface area contributed by atoms with E-state index in [9.17, 15) is 4.79 Å². The van der Waals surface area contributed by atoms with Gasteiger partial charge in [-0.2, -0.15) is 0 Å². The number of nitrogens with zero attached hydrogens (tertiary/aromatic N) is 3. The van der Waals surface area contributed by atoms with Crippen molar-refractivity contribution >= 4 is 6.16 Å². The van der Waals surface area contributed by atoms with Crippen LogP contribution in [0, 0.1) is 0 Å². The van der Waals surface area contributed by atoms with Gasteiger partial charge in [-0.05, 0) is 11.6 Å². The molecule has 17 heavy (non-hydrogen) atoms. The molecular weight excluding hydrogens is 230 g/mol. The number of carbonyl (C=O) groups excluding carboxylic acids is 1. The summed E-state index contributed by atoms with van der Waals surface area (Å²) in [5.74, 6) is 0. The zero-order valence-electron chi connectivity index (χ0n) is 9.05. The molecule has 8 nitrogen and oxygen atoms in total. The third-order valence-electron chi connectivity index (χ3n) is 2.59. The predicted molar refractivity (Wildman–Crippen MR) is 54.0 cm³/mol. The van der Waals surface area contributed by atoms with Crippen molar-refractivity contribution in [3.05, 3.63) is 22.6 Å². The number of hydrogen-bond acceptors (Lipinski definition) is 6. The molecule has 0 spiro atoms. The summed E-state index contributed by atoms with van der Waals surface area (Å²) < 4.78 is 20.0. The van der Waals surface area contributed by atoms with Gasteiger partial charge in [0.1, 0.15) is 19.0 Å². The van der Waals surface area contributed by atoms with Gasteiger partial charge in [0.2, 0.25) is 0 Å². The molecule has 2 aliphatic rings. The van der Waals surface area contributed by atoms with Crippen molar-refractivity contribution < 1.29 is 23.7 Å². The van der Waals surface area contributed by atoms with Gasteiger partial charge >= 0.3 is 6.16 Å². The first-order valence-electron chi connectivity index (χ1n) is 4.96. The lowest BCUT2D eigenvalue weighted by Gasteiger charge is -2.29. The van der Waals surface area contributed by atoms with Crippen LogP contribution in [0.15, 0.2) is 17.3 Å². The minimum absolute atomic E-state index is 0.0789. The van der Waals surface area contributed by atoms with Gasteiger partial charge in [0, 0.05) is 4.91 Å². The van der Waals surface area contributed by atoms with Gasteiger partial charge in [-0.3, -0.25) is 0 Å². The molecule has 0 aromatic carbocycles. The minimum atomic E-state index is -0.795. The fourth-order valence-corrected chi connectivity index (χ4v) is 1.83. The fourth-order valence-electron chi connectivity index (χ4n) is 1.83. The first kappa shape index (κ1) is 11.7. The zero-order chi connectivity index (χ0) is 12.3. The summed E-state index contributed by atoms with van der Waals surface area (Å²) in [6.45, 7) is 0.0789. The second kappa shape index (κ2) is 5.05. The lowest BCUT2D eigenvalue weighted by Crippen LogP contribution is -2.45. The molecule has 0 saturated carbocycles. The highest BCUT2D eigenvalue weighted by molar-refractivity contribution is 5.60. The number of rotatable bonds is 2. The van der Waals surface area contributed by atoms with E-state index in [1.165, 1.54) is 7.11 Å². The standard InChI is InChI=1S/C9H11N3O5/c1-14-9(13)17-6-3-2-5(11-12-10)7-8(6)16-4-15-7/h2-3,5-8H,4H2,1H3/t5-,6+,7+,8-/m0/s1. The largest absolute Gasteiger partial charge is 0.508 e. The minimum Gasteiger partial charge on any atom is -0.438 e. The first-order valence-corrected chi connectivity index (χ1v) is 4.96. The Morgan fingerprint density at radius 1 is 1.47 bits per heavy atom. The number of ether oxygens (including phenoxy) is 4. The molecule has 92 valence electrons. The van der Waals surface area contributed by atoms with Crippen LogP contribution in [0.1, 0.15) is 0 Å². The van der Waals surface area contributed by atoms with Gasteiger partial charge < -0.3 is 18.9 Å². The van der Waals surface area contributed by atoms with Gasteiger partial charge in [0.15, 0.2) is 6.10 Å². The van der Waals surface area contributed by atoms with Crippen LogP contribution in [0.4, 0.5) is 4.79 Å². The van der Waals surface area contributed by atoms with Crippen LogP contribution in [0.2, 0.25) is 0 Å². The average Bonchev–Trinajstić information content (AvgIpc) is 2.82. The average molecular weight is 241 g/mol. The second-order valence-corrected chi connectivity index (χ2v) is 3.50. The second-order valence-electron chi connectivity index (χ2n) is 3.50. The molecule has 1 aliphatic heterocycles. The van der Waals surface area contributed by atoms with Crippen LogP contribution < -0.4 is 0 Å². The summed E-state index contributed by atoms with van der Waals surface area (Å²) in [5, 5.41) is 3.58. The number of methoxy groups -OCH3 is 1. The van der Waals surface area contributed by atoms with E-state index in [1.54, 1.807) is 12.2 Å². The number of carbonyl (C=O) groups is 1. The zero-order valence-corrected chi connectivity index (χ0v) is 9.05. The van der Waals surface area contributed by atoms with E-state index in [-0.39, 0.29) is 6.79 Å². The maximum Gasteiger partial charge on any atom is 0.508 e. The Labute approximate surface area is 96.7 Å². The molecule has 0 N–H and O–H groups in total. The van der Waals surface area contributed by atoms with E-state index in [4.69, 9.17) is 19.7 Å². The fraction of sp³-hybridized carbons (Fsp3) is 0.667. The highest BCUT2D eigenvalue weighted by Crippen LogP contribution is 2.28. The molecule has 1 saturated heterocycles. The molecule has 0 aromatic rings. The summed E-state index contributed by atoms with van der Waals surface area (Å²) in [6.07, 6.45) is 0.923. The van der Waals surface area contributed by atoms with Crippen LogP contribution >= 0.6 is 0 Å². The van der Waals surface area contributed by atoms with Crippen molar-refractivity contribution in [2.45, 2.75) is 24.4 Å². The summed E-state index contributed by atoms with van der Waals surface area (Å²) in [6, 6.07) is -0.454. The van der Waals surface area contributed by atoms with Gasteiger partial charge in [0.05, 0.1) is 13.2 Å². The van der Waals surface area contributed by atoms with E-state index in [0.29, 0.717) is 0 Å². The topological polar surface area (TPSA) is 103 Å². The van der Waals surface area contributed by atoms with Crippen LogP contribution in [-0.4, -0.2) is 44.4 Å². The molecule has 1 fully saturated rings. The Bertz CT molecular complexity index is 379. The Morgan fingerprint density at radius 3 is 2.94 bits per heavy atom. The van der Waals surface area contributed by atoms with Gasteiger partial charge in [0.25, 0.3) is 0 Å². The maximum absolute atomic E-state index is 11.0. The van der Waals surface area contributed by atoms with E-state index in [1.807, 2.05) is 0 Å². The summed E-state index contributed by atoms with van der Waals surface area (Å²) in [7, 11) is 1.22. The van der Waals surface area contributed by atoms with Crippen molar-refractivity contribution in [2.24, 2.45) is 5.11 Å². The molecule has 0 radical (unpaired) electrons. The Kier molecular flexibility index (Phi) is 3.48. The monoisotopic (exact) mass is 241 g/mol. The van der Waals surface area contributed by atoms with Crippen LogP contribution in [-0.2, 0) is 18.9 Å². The molecule has 4 atom stereocenters. The third-order valence-corrected chi connectivity index (χ3v) is 2.59. The Balaban J connectivity index is 2.12. The van der Waals surface area contributed by atoms with E-state index >= 15 is 0 Å². The highest BCUT2D eigenvalue weighted by atomic mass is 16.8. The summed E-state index contributed by atoms with van der Waals surface area (Å²) >= 11 is 0. The third kappa shape index (κ3) is 2.33. The van der Waals surface area contributed by atoms with Crippen LogP contribution in [0.25, 0.3) is 10.4 Å². The molecule has 0 bridgehead atoms. The lowest BCUT2D eigenvalue weighted by molar-refractivity contribution is -0.0244. The molecule has 0 amide bonds. The molecule has 0 aromatic heterocycles. The number of hydrogen-bond donors (Lipinski definition) is 0. The highest BCUT2D eigenvalue weighted by Gasteiger charge is 2.43. The smallest absolute Gasteiger partial charge is 0.438 e. The summed E-state index contributed by atoms with van der Waals surface area (Å²) in [5.41, 5.74) is 8.41. The quantitative estimate of drug-likeness (QED) is 0.237.